The van der Waals surface area contributed by atoms with Crippen LogP contribution in [0.1, 0.15) is 25.3 Å². The van der Waals surface area contributed by atoms with Gasteiger partial charge in [0, 0.05) is 12.8 Å². The molecule has 0 saturated heterocycles. The number of phenols is 1. The Morgan fingerprint density at radius 2 is 1.52 bits per heavy atom. The average Bonchev–Trinajstić information content (AvgIpc) is 2.74. The molecule has 0 aliphatic heterocycles. The first kappa shape index (κ1) is 27.3. The molecule has 1 aromatic rings. The highest BCUT2D eigenvalue weighted by molar-refractivity contribution is 5.94. The number of aliphatic carboxylic acids is 2. The van der Waals surface area contributed by atoms with Crippen molar-refractivity contribution in [2.75, 3.05) is 6.54 Å². The van der Waals surface area contributed by atoms with Crippen LogP contribution in [-0.2, 0) is 30.4 Å². The number of amides is 3. The number of aromatic hydroxyl groups is 1. The van der Waals surface area contributed by atoms with E-state index in [1.807, 2.05) is 0 Å². The average molecular weight is 468 g/mol. The van der Waals surface area contributed by atoms with Crippen LogP contribution in [0.15, 0.2) is 24.3 Å². The van der Waals surface area contributed by atoms with Gasteiger partial charge in [-0.3, -0.25) is 19.2 Å². The number of carboxylic acid groups (broad SMARTS) is 2. The summed E-state index contributed by atoms with van der Waals surface area (Å²) in [5.41, 5.74) is 5.67. The predicted molar refractivity (Wildman–Crippen MR) is 113 cm³/mol. The lowest BCUT2D eigenvalue weighted by atomic mass is 10.0. The van der Waals surface area contributed by atoms with E-state index in [9.17, 15) is 39.3 Å². The van der Waals surface area contributed by atoms with Gasteiger partial charge >= 0.3 is 11.9 Å². The minimum atomic E-state index is -1.48. The van der Waals surface area contributed by atoms with Crippen molar-refractivity contribution in [3.63, 3.8) is 0 Å². The van der Waals surface area contributed by atoms with E-state index in [-0.39, 0.29) is 18.6 Å². The normalized spacial score (nSPS) is 14.3. The number of nitrogens with two attached hydrogens (primary N) is 1. The summed E-state index contributed by atoms with van der Waals surface area (Å²) in [5, 5.41) is 44.2. The molecule has 1 aromatic carbocycles. The van der Waals surface area contributed by atoms with Crippen LogP contribution in [0.5, 0.6) is 5.75 Å². The Morgan fingerprint density at radius 1 is 0.939 bits per heavy atom. The summed E-state index contributed by atoms with van der Waals surface area (Å²) < 4.78 is 0. The summed E-state index contributed by atoms with van der Waals surface area (Å²) in [6, 6.07) is 1.26. The first-order valence-electron chi connectivity index (χ1n) is 9.95. The van der Waals surface area contributed by atoms with Crippen molar-refractivity contribution in [3.8, 4) is 5.75 Å². The number of hydrogen-bond acceptors (Lipinski definition) is 8. The van der Waals surface area contributed by atoms with Crippen molar-refractivity contribution in [1.29, 1.82) is 0 Å². The van der Waals surface area contributed by atoms with Crippen molar-refractivity contribution >= 4 is 29.7 Å². The Morgan fingerprint density at radius 3 is 2.00 bits per heavy atom. The summed E-state index contributed by atoms with van der Waals surface area (Å²) >= 11 is 0. The Labute approximate surface area is 189 Å². The van der Waals surface area contributed by atoms with Crippen LogP contribution < -0.4 is 21.7 Å². The van der Waals surface area contributed by atoms with Crippen LogP contribution >= 0.6 is 0 Å². The van der Waals surface area contributed by atoms with Crippen molar-refractivity contribution in [2.24, 2.45) is 5.73 Å². The standard InChI is InChI=1S/C20H28N4O9/c1-10(25)17(24-15(27)9-21)19(31)22-13(6-7-16(28)29)18(30)23-14(20(32)33)8-11-2-4-12(26)5-3-11/h2-5,10,13-14,17,25-26H,6-9,21H2,1H3,(H,22,31)(H,23,30)(H,24,27)(H,28,29)(H,32,33). The van der Waals surface area contributed by atoms with Gasteiger partial charge in [-0.2, -0.15) is 0 Å². The molecule has 13 nitrogen and oxygen atoms in total. The molecule has 0 fully saturated rings. The molecule has 0 saturated carbocycles. The Kier molecular flexibility index (Phi) is 10.7. The van der Waals surface area contributed by atoms with Crippen molar-refractivity contribution in [3.05, 3.63) is 29.8 Å². The van der Waals surface area contributed by atoms with Crippen LogP contribution in [-0.4, -0.2) is 80.9 Å². The number of rotatable bonds is 13. The monoisotopic (exact) mass is 468 g/mol. The second kappa shape index (κ2) is 13.0. The molecular weight excluding hydrogens is 440 g/mol. The molecule has 0 spiro atoms. The zero-order valence-corrected chi connectivity index (χ0v) is 17.9. The summed E-state index contributed by atoms with van der Waals surface area (Å²) in [6.07, 6.45) is -2.42. The summed E-state index contributed by atoms with van der Waals surface area (Å²) in [7, 11) is 0. The lowest BCUT2D eigenvalue weighted by Gasteiger charge is -2.25. The minimum Gasteiger partial charge on any atom is -0.508 e. The second-order valence-electron chi connectivity index (χ2n) is 7.25. The lowest BCUT2D eigenvalue weighted by Crippen LogP contribution is -2.59. The Bertz CT molecular complexity index is 858. The minimum absolute atomic E-state index is 0.0273. The first-order valence-corrected chi connectivity index (χ1v) is 9.95. The SMILES string of the molecule is CC(O)C(NC(=O)CN)C(=O)NC(CCC(=O)O)C(=O)NC(Cc1ccc(O)cc1)C(=O)O. The van der Waals surface area contributed by atoms with Crippen LogP contribution in [0.2, 0.25) is 0 Å². The molecule has 13 heteroatoms. The maximum Gasteiger partial charge on any atom is 0.326 e. The molecule has 182 valence electrons. The molecule has 0 bridgehead atoms. The fourth-order valence-corrected chi connectivity index (χ4v) is 2.78. The number of benzene rings is 1. The zero-order valence-electron chi connectivity index (χ0n) is 17.9. The van der Waals surface area contributed by atoms with E-state index in [0.29, 0.717) is 5.56 Å². The fraction of sp³-hybridized carbons (Fsp3) is 0.450. The van der Waals surface area contributed by atoms with Gasteiger partial charge in [0.2, 0.25) is 17.7 Å². The number of nitrogens with one attached hydrogen (secondary N) is 3. The van der Waals surface area contributed by atoms with Gasteiger partial charge in [0.1, 0.15) is 23.9 Å². The van der Waals surface area contributed by atoms with Gasteiger partial charge in [-0.15, -0.1) is 0 Å². The van der Waals surface area contributed by atoms with E-state index in [4.69, 9.17) is 10.8 Å². The number of carbonyl (C=O) groups excluding carboxylic acids is 3. The number of phenolic OH excluding ortho intramolecular Hbond substituents is 1. The van der Waals surface area contributed by atoms with Gasteiger partial charge < -0.3 is 42.1 Å². The molecular formula is C20H28N4O9. The Hall–Kier alpha value is -3.71. The quantitative estimate of drug-likeness (QED) is 0.154. The summed E-state index contributed by atoms with van der Waals surface area (Å²) in [4.78, 5) is 59.4. The number of aliphatic hydroxyl groups excluding tert-OH is 1. The topological polar surface area (TPSA) is 228 Å². The number of carboxylic acids is 2. The highest BCUT2D eigenvalue weighted by atomic mass is 16.4. The van der Waals surface area contributed by atoms with Crippen LogP contribution in [0.4, 0.5) is 0 Å². The highest BCUT2D eigenvalue weighted by Gasteiger charge is 2.31. The van der Waals surface area contributed by atoms with Crippen LogP contribution in [0, 0.1) is 0 Å². The largest absolute Gasteiger partial charge is 0.508 e. The summed E-state index contributed by atoms with van der Waals surface area (Å²) in [6.45, 7) is 0.752. The number of hydrogen-bond donors (Lipinski definition) is 8. The molecule has 9 N–H and O–H groups in total. The molecule has 33 heavy (non-hydrogen) atoms. The molecule has 3 amide bonds. The van der Waals surface area contributed by atoms with Crippen molar-refractivity contribution < 1.29 is 44.4 Å². The highest BCUT2D eigenvalue weighted by Crippen LogP contribution is 2.12. The van der Waals surface area contributed by atoms with E-state index < -0.39 is 66.9 Å². The molecule has 1 rings (SSSR count). The van der Waals surface area contributed by atoms with Crippen LogP contribution in [0.25, 0.3) is 0 Å². The van der Waals surface area contributed by atoms with Gasteiger partial charge in [-0.05, 0) is 31.0 Å². The molecule has 0 aliphatic rings. The zero-order chi connectivity index (χ0) is 25.1. The number of aliphatic hydroxyl groups is 1. The van der Waals surface area contributed by atoms with Crippen molar-refractivity contribution in [1.82, 2.24) is 16.0 Å². The van der Waals surface area contributed by atoms with E-state index in [1.165, 1.54) is 31.2 Å². The van der Waals surface area contributed by atoms with E-state index >= 15 is 0 Å². The van der Waals surface area contributed by atoms with Gasteiger partial charge in [-0.25, -0.2) is 4.79 Å². The third-order valence-corrected chi connectivity index (χ3v) is 4.54. The van der Waals surface area contributed by atoms with Gasteiger partial charge in [0.15, 0.2) is 0 Å². The molecule has 4 unspecified atom stereocenters. The van der Waals surface area contributed by atoms with Crippen LogP contribution in [0.3, 0.4) is 0 Å². The second-order valence-corrected chi connectivity index (χ2v) is 7.25. The molecule has 0 radical (unpaired) electrons. The molecule has 0 heterocycles. The van der Waals surface area contributed by atoms with E-state index in [0.717, 1.165) is 0 Å². The van der Waals surface area contributed by atoms with Gasteiger partial charge in [0.25, 0.3) is 0 Å². The molecule has 4 atom stereocenters. The third-order valence-electron chi connectivity index (χ3n) is 4.54. The Balaban J connectivity index is 2.99. The smallest absolute Gasteiger partial charge is 0.326 e. The maximum atomic E-state index is 12.7. The summed E-state index contributed by atoms with van der Waals surface area (Å²) in [5.74, 6) is -5.36. The number of carbonyl (C=O) groups is 5. The van der Waals surface area contributed by atoms with E-state index in [1.54, 1.807) is 0 Å². The first-order chi connectivity index (χ1) is 15.4. The fourth-order valence-electron chi connectivity index (χ4n) is 2.78. The maximum absolute atomic E-state index is 12.7. The molecule has 0 aromatic heterocycles. The van der Waals surface area contributed by atoms with Crippen molar-refractivity contribution in [2.45, 2.75) is 50.4 Å². The lowest BCUT2D eigenvalue weighted by molar-refractivity contribution is -0.143. The van der Waals surface area contributed by atoms with Gasteiger partial charge in [0.05, 0.1) is 12.6 Å². The molecule has 0 aliphatic carbocycles. The van der Waals surface area contributed by atoms with E-state index in [2.05, 4.69) is 16.0 Å². The third kappa shape index (κ3) is 9.53. The predicted octanol–water partition coefficient (Wildman–Crippen LogP) is -2.32. The van der Waals surface area contributed by atoms with Gasteiger partial charge in [-0.1, -0.05) is 12.1 Å².